The molecule has 3 nitrogen and oxygen atoms in total. The van der Waals surface area contributed by atoms with Crippen LogP contribution in [0.2, 0.25) is 0 Å². The van der Waals surface area contributed by atoms with E-state index in [0.29, 0.717) is 0 Å². The highest BCUT2D eigenvalue weighted by atomic mass is 19.4. The molecular formula is C10H8F5NO2. The summed E-state index contributed by atoms with van der Waals surface area (Å²) in [5, 5.41) is 10.3. The second-order valence-corrected chi connectivity index (χ2v) is 3.37. The van der Waals surface area contributed by atoms with Crippen LogP contribution in [0, 0.1) is 11.6 Å². The van der Waals surface area contributed by atoms with Gasteiger partial charge in [0.1, 0.15) is 0 Å². The number of amides is 1. The Morgan fingerprint density at radius 1 is 1.33 bits per heavy atom. The van der Waals surface area contributed by atoms with Gasteiger partial charge in [0, 0.05) is 0 Å². The summed E-state index contributed by atoms with van der Waals surface area (Å²) in [7, 11) is 0. The van der Waals surface area contributed by atoms with Crippen molar-refractivity contribution in [3.8, 4) is 0 Å². The largest absolute Gasteiger partial charge is 0.416 e. The molecule has 0 saturated carbocycles. The van der Waals surface area contributed by atoms with Gasteiger partial charge >= 0.3 is 6.18 Å². The highest BCUT2D eigenvalue weighted by molar-refractivity contribution is 5.94. The Morgan fingerprint density at radius 3 is 2.50 bits per heavy atom. The number of alkyl halides is 3. The molecule has 0 heterocycles. The Morgan fingerprint density at radius 2 is 1.94 bits per heavy atom. The number of aliphatic hydroxyl groups is 1. The first-order valence-corrected chi connectivity index (χ1v) is 4.70. The number of nitrogens with one attached hydrogen (secondary N) is 1. The van der Waals surface area contributed by atoms with E-state index < -0.39 is 41.9 Å². The van der Waals surface area contributed by atoms with Crippen LogP contribution in [-0.4, -0.2) is 29.8 Å². The minimum absolute atomic E-state index is 0.732. The normalized spacial score (nSPS) is 13.2. The molecule has 0 radical (unpaired) electrons. The predicted molar refractivity (Wildman–Crippen MR) is 50.8 cm³/mol. The molecule has 100 valence electrons. The van der Waals surface area contributed by atoms with Crippen LogP contribution in [0.15, 0.2) is 18.2 Å². The molecule has 0 bridgehead atoms. The fourth-order valence-corrected chi connectivity index (χ4v) is 1.08. The highest BCUT2D eigenvalue weighted by Crippen LogP contribution is 2.19. The van der Waals surface area contributed by atoms with Crippen molar-refractivity contribution in [2.24, 2.45) is 0 Å². The Kier molecular flexibility index (Phi) is 4.23. The molecule has 2 N–H and O–H groups in total. The van der Waals surface area contributed by atoms with Gasteiger partial charge in [-0.1, -0.05) is 6.07 Å². The quantitative estimate of drug-likeness (QED) is 0.819. The molecule has 18 heavy (non-hydrogen) atoms. The van der Waals surface area contributed by atoms with Gasteiger partial charge < -0.3 is 10.4 Å². The van der Waals surface area contributed by atoms with E-state index in [-0.39, 0.29) is 0 Å². The van der Waals surface area contributed by atoms with E-state index in [1.54, 1.807) is 5.32 Å². The summed E-state index contributed by atoms with van der Waals surface area (Å²) in [6, 6.07) is 2.71. The Labute approximate surface area is 98.2 Å². The van der Waals surface area contributed by atoms with E-state index in [1.807, 2.05) is 0 Å². The minimum Gasteiger partial charge on any atom is -0.382 e. The average Bonchev–Trinajstić information content (AvgIpc) is 2.27. The second-order valence-electron chi connectivity index (χ2n) is 3.37. The van der Waals surface area contributed by atoms with Crippen LogP contribution in [0.1, 0.15) is 10.4 Å². The van der Waals surface area contributed by atoms with Crippen LogP contribution >= 0.6 is 0 Å². The molecule has 0 saturated heterocycles. The lowest BCUT2D eigenvalue weighted by molar-refractivity contribution is -0.201. The topological polar surface area (TPSA) is 49.3 Å². The Bertz CT molecular complexity index is 446. The van der Waals surface area contributed by atoms with Gasteiger partial charge in [-0.15, -0.1) is 0 Å². The second kappa shape index (κ2) is 5.30. The van der Waals surface area contributed by atoms with Gasteiger partial charge in [0.15, 0.2) is 17.7 Å². The van der Waals surface area contributed by atoms with Gasteiger partial charge in [-0.3, -0.25) is 4.79 Å². The first kappa shape index (κ1) is 14.4. The van der Waals surface area contributed by atoms with Crippen LogP contribution in [0.4, 0.5) is 22.0 Å². The third-order valence-corrected chi connectivity index (χ3v) is 2.03. The lowest BCUT2D eigenvalue weighted by Crippen LogP contribution is -2.40. The first-order valence-electron chi connectivity index (χ1n) is 4.70. The zero-order valence-electron chi connectivity index (χ0n) is 8.76. The molecule has 8 heteroatoms. The minimum atomic E-state index is -4.90. The maximum absolute atomic E-state index is 13.1. The van der Waals surface area contributed by atoms with E-state index >= 15 is 0 Å². The molecule has 1 aromatic rings. The van der Waals surface area contributed by atoms with Gasteiger partial charge in [0.2, 0.25) is 0 Å². The fraction of sp³-hybridized carbons (Fsp3) is 0.300. The van der Waals surface area contributed by atoms with Gasteiger partial charge in [0.05, 0.1) is 12.1 Å². The van der Waals surface area contributed by atoms with Crippen LogP contribution in [0.25, 0.3) is 0 Å². The van der Waals surface area contributed by atoms with E-state index in [1.165, 1.54) is 0 Å². The first-order chi connectivity index (χ1) is 8.23. The van der Waals surface area contributed by atoms with Crippen LogP contribution in [0.5, 0.6) is 0 Å². The maximum atomic E-state index is 13.1. The van der Waals surface area contributed by atoms with Crippen molar-refractivity contribution in [3.05, 3.63) is 35.4 Å². The highest BCUT2D eigenvalue weighted by Gasteiger charge is 2.38. The van der Waals surface area contributed by atoms with Crippen molar-refractivity contribution < 1.29 is 31.9 Å². The smallest absolute Gasteiger partial charge is 0.382 e. The van der Waals surface area contributed by atoms with Crippen molar-refractivity contribution >= 4 is 5.91 Å². The lowest BCUT2D eigenvalue weighted by atomic mass is 10.2. The summed E-state index contributed by atoms with van der Waals surface area (Å²) < 4.78 is 61.6. The molecule has 0 fully saturated rings. The zero-order valence-corrected chi connectivity index (χ0v) is 8.76. The number of aliphatic hydroxyl groups excluding tert-OH is 1. The van der Waals surface area contributed by atoms with E-state index in [4.69, 9.17) is 5.11 Å². The fourth-order valence-electron chi connectivity index (χ4n) is 1.08. The van der Waals surface area contributed by atoms with Crippen molar-refractivity contribution in [2.45, 2.75) is 12.3 Å². The summed E-state index contributed by atoms with van der Waals surface area (Å²) in [5.41, 5.74) is -0.732. The number of carbonyl (C=O) groups is 1. The van der Waals surface area contributed by atoms with Crippen molar-refractivity contribution in [2.75, 3.05) is 6.54 Å². The predicted octanol–water partition coefficient (Wildman–Crippen LogP) is 1.62. The zero-order chi connectivity index (χ0) is 13.9. The molecule has 1 aromatic carbocycles. The van der Waals surface area contributed by atoms with Crippen molar-refractivity contribution in [1.29, 1.82) is 0 Å². The molecule has 1 unspecified atom stereocenters. The number of hydrogen-bond acceptors (Lipinski definition) is 2. The Balaban J connectivity index is 2.70. The number of halogens is 5. The van der Waals surface area contributed by atoms with Crippen LogP contribution < -0.4 is 5.32 Å². The summed E-state index contributed by atoms with van der Waals surface area (Å²) in [5.74, 6) is -3.99. The maximum Gasteiger partial charge on any atom is 0.416 e. The van der Waals surface area contributed by atoms with E-state index in [9.17, 15) is 26.7 Å². The molecule has 0 aliphatic heterocycles. The van der Waals surface area contributed by atoms with Crippen LogP contribution in [0.3, 0.4) is 0 Å². The molecule has 0 aliphatic rings. The molecule has 1 rings (SSSR count). The molecule has 0 spiro atoms. The van der Waals surface area contributed by atoms with E-state index in [2.05, 4.69) is 0 Å². The number of benzene rings is 1. The van der Waals surface area contributed by atoms with Gasteiger partial charge in [-0.25, -0.2) is 8.78 Å². The van der Waals surface area contributed by atoms with Crippen molar-refractivity contribution in [1.82, 2.24) is 5.32 Å². The van der Waals surface area contributed by atoms with E-state index in [0.717, 1.165) is 18.2 Å². The van der Waals surface area contributed by atoms with Crippen LogP contribution in [-0.2, 0) is 0 Å². The number of rotatable bonds is 3. The summed E-state index contributed by atoms with van der Waals surface area (Å²) in [4.78, 5) is 11.3. The number of hydrogen-bond donors (Lipinski definition) is 2. The lowest BCUT2D eigenvalue weighted by Gasteiger charge is -2.15. The monoisotopic (exact) mass is 269 g/mol. The molecule has 0 aromatic heterocycles. The number of carbonyl (C=O) groups excluding carboxylic acids is 1. The van der Waals surface area contributed by atoms with Gasteiger partial charge in [-0.2, -0.15) is 13.2 Å². The molecule has 1 atom stereocenters. The third kappa shape index (κ3) is 3.39. The third-order valence-electron chi connectivity index (χ3n) is 2.03. The molecular weight excluding hydrogens is 261 g/mol. The van der Waals surface area contributed by atoms with Gasteiger partial charge in [0.25, 0.3) is 5.91 Å². The van der Waals surface area contributed by atoms with Crippen molar-refractivity contribution in [3.63, 3.8) is 0 Å². The molecule has 0 aliphatic carbocycles. The molecule has 1 amide bonds. The standard InChI is InChI=1S/C10H8F5NO2/c11-6-3-1-2-5(8(6)12)9(18)16-4-7(17)10(13,14)15/h1-3,7,17H,4H2,(H,16,18). The summed E-state index contributed by atoms with van der Waals surface area (Å²) in [6.07, 6.45) is -7.66. The van der Waals surface area contributed by atoms with Gasteiger partial charge in [-0.05, 0) is 12.1 Å². The SMILES string of the molecule is O=C(NCC(O)C(F)(F)F)c1cccc(F)c1F. The average molecular weight is 269 g/mol. The summed E-state index contributed by atoms with van der Waals surface area (Å²) >= 11 is 0. The Hall–Kier alpha value is -1.70. The summed E-state index contributed by atoms with van der Waals surface area (Å²) in [6.45, 7) is -1.14.